The molecule has 0 bridgehead atoms. The molecule has 0 saturated heterocycles. The van der Waals surface area contributed by atoms with E-state index < -0.39 is 0 Å². The number of hydrogen-bond donors (Lipinski definition) is 2. The molecule has 5 nitrogen and oxygen atoms in total. The molecular weight excluding hydrogens is 178 g/mol. The monoisotopic (exact) mass is 189 g/mol. The highest BCUT2D eigenvalue weighted by Gasteiger charge is 2.05. The van der Waals surface area contributed by atoms with E-state index in [4.69, 9.17) is 5.73 Å². The average molecular weight is 189 g/mol. The fourth-order valence-corrected chi connectivity index (χ4v) is 1.25. The second-order valence-electron chi connectivity index (χ2n) is 3.08. The van der Waals surface area contributed by atoms with Crippen molar-refractivity contribution in [3.63, 3.8) is 0 Å². The molecule has 3 N–H and O–H groups in total. The van der Waals surface area contributed by atoms with Gasteiger partial charge >= 0.3 is 0 Å². The molecule has 2 aromatic rings. The molecular formula is C9H11N5. The van der Waals surface area contributed by atoms with Gasteiger partial charge in [-0.1, -0.05) is 0 Å². The van der Waals surface area contributed by atoms with E-state index in [9.17, 15) is 0 Å². The van der Waals surface area contributed by atoms with E-state index in [1.807, 2.05) is 13.0 Å². The third-order valence-corrected chi connectivity index (χ3v) is 2.03. The van der Waals surface area contributed by atoms with Crippen LogP contribution in [0.5, 0.6) is 0 Å². The Morgan fingerprint density at radius 1 is 1.43 bits per heavy atom. The second kappa shape index (κ2) is 3.55. The smallest absolute Gasteiger partial charge is 0.111 e. The van der Waals surface area contributed by atoms with Gasteiger partial charge in [-0.15, -0.1) is 5.10 Å². The third-order valence-electron chi connectivity index (χ3n) is 2.03. The Morgan fingerprint density at radius 3 is 2.93 bits per heavy atom. The number of nitrogens with two attached hydrogens (primary N) is 1. The first-order valence-electron chi connectivity index (χ1n) is 4.33. The maximum Gasteiger partial charge on any atom is 0.111 e. The van der Waals surface area contributed by atoms with Crippen LogP contribution >= 0.6 is 0 Å². The van der Waals surface area contributed by atoms with Crippen LogP contribution in [0.3, 0.4) is 0 Å². The lowest BCUT2D eigenvalue weighted by Gasteiger charge is -1.99. The number of aromatic nitrogens is 4. The molecule has 0 fully saturated rings. The summed E-state index contributed by atoms with van der Waals surface area (Å²) < 4.78 is 0. The molecule has 14 heavy (non-hydrogen) atoms. The predicted octanol–water partition coefficient (Wildman–Crippen LogP) is 0.634. The van der Waals surface area contributed by atoms with Crippen molar-refractivity contribution in [3.05, 3.63) is 29.6 Å². The minimum atomic E-state index is 0.468. The number of rotatable bonds is 2. The van der Waals surface area contributed by atoms with E-state index in [1.165, 1.54) is 0 Å². The molecule has 0 atom stereocenters. The van der Waals surface area contributed by atoms with Gasteiger partial charge in [-0.05, 0) is 24.1 Å². The van der Waals surface area contributed by atoms with Gasteiger partial charge in [-0.3, -0.25) is 5.10 Å². The van der Waals surface area contributed by atoms with Crippen molar-refractivity contribution < 1.29 is 0 Å². The van der Waals surface area contributed by atoms with Crippen LogP contribution in [0.2, 0.25) is 0 Å². The van der Waals surface area contributed by atoms with Crippen molar-refractivity contribution in [2.75, 3.05) is 0 Å². The van der Waals surface area contributed by atoms with Crippen molar-refractivity contribution in [1.29, 1.82) is 0 Å². The molecule has 2 aromatic heterocycles. The van der Waals surface area contributed by atoms with Crippen molar-refractivity contribution in [2.45, 2.75) is 13.5 Å². The van der Waals surface area contributed by atoms with Crippen LogP contribution in [-0.2, 0) is 6.54 Å². The van der Waals surface area contributed by atoms with Crippen molar-refractivity contribution >= 4 is 0 Å². The predicted molar refractivity (Wildman–Crippen MR) is 52.2 cm³/mol. The van der Waals surface area contributed by atoms with E-state index in [0.29, 0.717) is 6.54 Å². The lowest BCUT2D eigenvalue weighted by Crippen LogP contribution is -1.99. The standard InChI is InChI=1S/C9H11N5/c1-6-4-11-14-9(6)8-2-7(3-10)5-12-13-8/h2,4-5H,3,10H2,1H3,(H,11,14). The van der Waals surface area contributed by atoms with Gasteiger partial charge in [0.1, 0.15) is 5.69 Å². The van der Waals surface area contributed by atoms with Crippen molar-refractivity contribution in [2.24, 2.45) is 5.73 Å². The maximum atomic E-state index is 5.52. The minimum absolute atomic E-state index is 0.468. The molecule has 72 valence electrons. The normalized spacial score (nSPS) is 10.4. The number of aryl methyl sites for hydroxylation is 1. The van der Waals surface area contributed by atoms with Gasteiger partial charge in [0.15, 0.2) is 0 Å². The molecule has 2 heterocycles. The van der Waals surface area contributed by atoms with Gasteiger partial charge < -0.3 is 5.73 Å². The topological polar surface area (TPSA) is 80.5 Å². The Kier molecular flexibility index (Phi) is 2.24. The summed E-state index contributed by atoms with van der Waals surface area (Å²) in [5.74, 6) is 0. The second-order valence-corrected chi connectivity index (χ2v) is 3.08. The Hall–Kier alpha value is -1.75. The van der Waals surface area contributed by atoms with Crippen molar-refractivity contribution in [3.8, 4) is 11.4 Å². The van der Waals surface area contributed by atoms with Gasteiger partial charge in [0.25, 0.3) is 0 Å². The first kappa shape index (κ1) is 8.83. The molecule has 0 aliphatic rings. The number of aromatic amines is 1. The highest BCUT2D eigenvalue weighted by Crippen LogP contribution is 2.17. The van der Waals surface area contributed by atoms with Crippen LogP contribution in [-0.4, -0.2) is 20.4 Å². The number of hydrogen-bond acceptors (Lipinski definition) is 4. The van der Waals surface area contributed by atoms with E-state index in [2.05, 4.69) is 20.4 Å². The Bertz CT molecular complexity index is 434. The summed E-state index contributed by atoms with van der Waals surface area (Å²) in [5.41, 5.74) is 9.20. The molecule has 0 unspecified atom stereocenters. The van der Waals surface area contributed by atoms with E-state index >= 15 is 0 Å². The zero-order valence-electron chi connectivity index (χ0n) is 7.86. The SMILES string of the molecule is Cc1cn[nH]c1-c1cc(CN)cnn1. The summed E-state index contributed by atoms with van der Waals surface area (Å²) in [6.45, 7) is 2.44. The average Bonchev–Trinajstić information content (AvgIpc) is 2.65. The third kappa shape index (κ3) is 1.49. The van der Waals surface area contributed by atoms with Crippen LogP contribution in [0.25, 0.3) is 11.4 Å². The zero-order chi connectivity index (χ0) is 9.97. The summed E-state index contributed by atoms with van der Waals surface area (Å²) in [6.07, 6.45) is 3.42. The van der Waals surface area contributed by atoms with Crippen LogP contribution in [0.4, 0.5) is 0 Å². The summed E-state index contributed by atoms with van der Waals surface area (Å²) >= 11 is 0. The lowest BCUT2D eigenvalue weighted by molar-refractivity contribution is 0.962. The number of nitrogens with zero attached hydrogens (tertiary/aromatic N) is 3. The Labute approximate surface area is 81.4 Å². The maximum absolute atomic E-state index is 5.52. The molecule has 0 aliphatic heterocycles. The molecule has 0 aliphatic carbocycles. The molecule has 0 aromatic carbocycles. The fourth-order valence-electron chi connectivity index (χ4n) is 1.25. The van der Waals surface area contributed by atoms with Gasteiger partial charge in [0, 0.05) is 6.54 Å². The summed E-state index contributed by atoms with van der Waals surface area (Å²) in [5, 5.41) is 14.7. The fraction of sp³-hybridized carbons (Fsp3) is 0.222. The number of nitrogens with one attached hydrogen (secondary N) is 1. The van der Waals surface area contributed by atoms with Gasteiger partial charge in [-0.2, -0.15) is 10.2 Å². The quantitative estimate of drug-likeness (QED) is 0.726. The van der Waals surface area contributed by atoms with Crippen LogP contribution in [0.1, 0.15) is 11.1 Å². The molecule has 0 radical (unpaired) electrons. The first-order chi connectivity index (χ1) is 6.81. The van der Waals surface area contributed by atoms with Crippen LogP contribution in [0.15, 0.2) is 18.5 Å². The lowest BCUT2D eigenvalue weighted by atomic mass is 10.2. The molecule has 5 heteroatoms. The molecule has 0 saturated carbocycles. The molecule has 2 rings (SSSR count). The van der Waals surface area contributed by atoms with E-state index in [-0.39, 0.29) is 0 Å². The van der Waals surface area contributed by atoms with Gasteiger partial charge in [0.05, 0.1) is 18.1 Å². The van der Waals surface area contributed by atoms with Gasteiger partial charge in [-0.25, -0.2) is 0 Å². The summed E-state index contributed by atoms with van der Waals surface area (Å²) in [7, 11) is 0. The van der Waals surface area contributed by atoms with Gasteiger partial charge in [0.2, 0.25) is 0 Å². The zero-order valence-corrected chi connectivity index (χ0v) is 7.86. The Morgan fingerprint density at radius 2 is 2.29 bits per heavy atom. The number of H-pyrrole nitrogens is 1. The minimum Gasteiger partial charge on any atom is -0.326 e. The van der Waals surface area contributed by atoms with Crippen LogP contribution in [0, 0.1) is 6.92 Å². The molecule has 0 spiro atoms. The Balaban J connectivity index is 2.47. The van der Waals surface area contributed by atoms with E-state index in [1.54, 1.807) is 12.4 Å². The molecule has 0 amide bonds. The highest BCUT2D eigenvalue weighted by molar-refractivity contribution is 5.57. The largest absolute Gasteiger partial charge is 0.326 e. The van der Waals surface area contributed by atoms with Crippen LogP contribution < -0.4 is 5.73 Å². The van der Waals surface area contributed by atoms with Crippen molar-refractivity contribution in [1.82, 2.24) is 20.4 Å². The summed E-state index contributed by atoms with van der Waals surface area (Å²) in [4.78, 5) is 0. The highest BCUT2D eigenvalue weighted by atomic mass is 15.1. The van der Waals surface area contributed by atoms with E-state index in [0.717, 1.165) is 22.5 Å². The first-order valence-corrected chi connectivity index (χ1v) is 4.33. The summed E-state index contributed by atoms with van der Waals surface area (Å²) in [6, 6.07) is 1.91.